The number of aromatic nitrogens is 4. The van der Waals surface area contributed by atoms with Gasteiger partial charge in [-0.2, -0.15) is 5.10 Å². The maximum atomic E-state index is 9.11. The largest absolute Gasteiger partial charge is 0.395 e. The molecule has 0 spiro atoms. The Morgan fingerprint density at radius 1 is 1.47 bits per heavy atom. The van der Waals surface area contributed by atoms with Crippen LogP contribution in [-0.4, -0.2) is 48.9 Å². The molecule has 1 saturated carbocycles. The average molecular weight is 262 g/mol. The van der Waals surface area contributed by atoms with Crippen molar-refractivity contribution in [3.8, 4) is 0 Å². The van der Waals surface area contributed by atoms with E-state index >= 15 is 0 Å². The summed E-state index contributed by atoms with van der Waals surface area (Å²) < 4.78 is 1.70. The second kappa shape index (κ2) is 4.75. The molecule has 2 aromatic heterocycles. The molecule has 3 rings (SSSR count). The Hall–Kier alpha value is -1.73. The molecule has 2 aromatic rings. The molecule has 19 heavy (non-hydrogen) atoms. The molecule has 0 aromatic carbocycles. The van der Waals surface area contributed by atoms with Crippen LogP contribution >= 0.6 is 0 Å². The number of nitrogen functional groups attached to an aromatic ring is 1. The summed E-state index contributed by atoms with van der Waals surface area (Å²) in [7, 11) is 1.84. The third kappa shape index (κ3) is 2.39. The minimum Gasteiger partial charge on any atom is -0.395 e. The van der Waals surface area contributed by atoms with Crippen molar-refractivity contribution in [2.75, 3.05) is 18.9 Å². The van der Waals surface area contributed by atoms with Crippen molar-refractivity contribution in [1.29, 1.82) is 0 Å². The number of nitrogens with two attached hydrogens (primary N) is 1. The summed E-state index contributed by atoms with van der Waals surface area (Å²) in [5.74, 6) is 1.15. The van der Waals surface area contributed by atoms with E-state index in [0.29, 0.717) is 30.8 Å². The van der Waals surface area contributed by atoms with Gasteiger partial charge in [0.25, 0.3) is 0 Å². The van der Waals surface area contributed by atoms with E-state index in [1.807, 2.05) is 7.05 Å². The van der Waals surface area contributed by atoms with Crippen molar-refractivity contribution in [2.45, 2.75) is 25.4 Å². The van der Waals surface area contributed by atoms with E-state index in [1.165, 1.54) is 12.8 Å². The van der Waals surface area contributed by atoms with Crippen LogP contribution in [0.5, 0.6) is 0 Å². The Morgan fingerprint density at radius 3 is 2.95 bits per heavy atom. The third-order valence-electron chi connectivity index (χ3n) is 3.46. The highest BCUT2D eigenvalue weighted by Crippen LogP contribution is 2.28. The average Bonchev–Trinajstić information content (AvgIpc) is 3.15. The second-order valence-corrected chi connectivity index (χ2v) is 4.96. The fourth-order valence-corrected chi connectivity index (χ4v) is 2.30. The van der Waals surface area contributed by atoms with Crippen molar-refractivity contribution in [2.24, 2.45) is 7.05 Å². The lowest BCUT2D eigenvalue weighted by molar-refractivity contribution is 0.180. The van der Waals surface area contributed by atoms with Crippen LogP contribution in [0, 0.1) is 0 Å². The highest BCUT2D eigenvalue weighted by atomic mass is 16.3. The number of hydrogen-bond donors (Lipinski definition) is 2. The molecule has 7 heteroatoms. The van der Waals surface area contributed by atoms with E-state index in [-0.39, 0.29) is 6.61 Å². The molecule has 2 heterocycles. The Bertz CT molecular complexity index is 591. The van der Waals surface area contributed by atoms with Gasteiger partial charge in [-0.3, -0.25) is 9.58 Å². The van der Waals surface area contributed by atoms with Crippen molar-refractivity contribution in [3.05, 3.63) is 12.0 Å². The lowest BCUT2D eigenvalue weighted by atomic mass is 10.3. The van der Waals surface area contributed by atoms with E-state index < -0.39 is 0 Å². The number of anilines is 1. The summed E-state index contributed by atoms with van der Waals surface area (Å²) in [6.07, 6.45) is 4.05. The van der Waals surface area contributed by atoms with Crippen LogP contribution in [0.3, 0.4) is 0 Å². The van der Waals surface area contributed by atoms with E-state index in [0.717, 1.165) is 11.0 Å². The van der Waals surface area contributed by atoms with Gasteiger partial charge < -0.3 is 10.8 Å². The van der Waals surface area contributed by atoms with Gasteiger partial charge in [0.15, 0.2) is 5.65 Å². The molecule has 1 aliphatic carbocycles. The van der Waals surface area contributed by atoms with Crippen molar-refractivity contribution in [3.63, 3.8) is 0 Å². The number of fused-ring (bicyclic) bond motifs is 1. The van der Waals surface area contributed by atoms with Crippen LogP contribution in [0.1, 0.15) is 18.7 Å². The molecule has 0 bridgehead atoms. The summed E-state index contributed by atoms with van der Waals surface area (Å²) in [4.78, 5) is 11.1. The first-order valence-electron chi connectivity index (χ1n) is 6.48. The first-order valence-corrected chi connectivity index (χ1v) is 6.48. The van der Waals surface area contributed by atoms with E-state index in [1.54, 1.807) is 10.9 Å². The molecule has 0 unspecified atom stereocenters. The minimum absolute atomic E-state index is 0.153. The number of aliphatic hydroxyl groups is 1. The quantitative estimate of drug-likeness (QED) is 0.781. The molecule has 0 saturated heterocycles. The van der Waals surface area contributed by atoms with Crippen molar-refractivity contribution in [1.82, 2.24) is 24.6 Å². The van der Waals surface area contributed by atoms with Gasteiger partial charge in [0.1, 0.15) is 11.6 Å². The van der Waals surface area contributed by atoms with E-state index in [4.69, 9.17) is 10.8 Å². The summed E-state index contributed by atoms with van der Waals surface area (Å²) in [5, 5.41) is 14.0. The fraction of sp³-hybridized carbons (Fsp3) is 0.583. The molecule has 1 aliphatic rings. The van der Waals surface area contributed by atoms with Gasteiger partial charge in [0.05, 0.1) is 24.7 Å². The number of aryl methyl sites for hydroxylation is 1. The third-order valence-corrected chi connectivity index (χ3v) is 3.46. The van der Waals surface area contributed by atoms with Gasteiger partial charge in [0, 0.05) is 19.6 Å². The highest BCUT2D eigenvalue weighted by Gasteiger charge is 2.29. The zero-order chi connectivity index (χ0) is 13.4. The van der Waals surface area contributed by atoms with Crippen LogP contribution in [0.4, 0.5) is 5.82 Å². The molecular formula is C12H18N6O. The number of rotatable bonds is 5. The van der Waals surface area contributed by atoms with Crippen LogP contribution < -0.4 is 5.73 Å². The first kappa shape index (κ1) is 12.3. The Kier molecular flexibility index (Phi) is 3.08. The maximum Gasteiger partial charge on any atom is 0.163 e. The molecule has 7 nitrogen and oxygen atoms in total. The van der Waals surface area contributed by atoms with Crippen molar-refractivity contribution >= 4 is 16.9 Å². The lowest BCUT2D eigenvalue weighted by Gasteiger charge is -2.19. The monoisotopic (exact) mass is 262 g/mol. The zero-order valence-corrected chi connectivity index (χ0v) is 11.0. The van der Waals surface area contributed by atoms with Gasteiger partial charge in [-0.25, -0.2) is 9.97 Å². The van der Waals surface area contributed by atoms with Crippen LogP contribution in [0.15, 0.2) is 6.20 Å². The molecular weight excluding hydrogens is 244 g/mol. The standard InChI is InChI=1S/C12H18N6O/c1-17-12-9(6-14-17)11(13)15-10(16-12)7-18(4-5-19)8-2-3-8/h6,8,19H,2-5,7H2,1H3,(H2,13,15,16). The van der Waals surface area contributed by atoms with Gasteiger partial charge in [-0.1, -0.05) is 0 Å². The fourth-order valence-electron chi connectivity index (χ4n) is 2.30. The van der Waals surface area contributed by atoms with Gasteiger partial charge >= 0.3 is 0 Å². The lowest BCUT2D eigenvalue weighted by Crippen LogP contribution is -2.29. The predicted octanol–water partition coefficient (Wildman–Crippen LogP) is -0.0978. The summed E-state index contributed by atoms with van der Waals surface area (Å²) >= 11 is 0. The number of hydrogen-bond acceptors (Lipinski definition) is 6. The highest BCUT2D eigenvalue weighted by molar-refractivity contribution is 5.84. The molecule has 0 aliphatic heterocycles. The molecule has 102 valence electrons. The van der Waals surface area contributed by atoms with Crippen LogP contribution in [-0.2, 0) is 13.6 Å². The van der Waals surface area contributed by atoms with Crippen LogP contribution in [0.25, 0.3) is 11.0 Å². The molecule has 3 N–H and O–H groups in total. The topological polar surface area (TPSA) is 93.1 Å². The molecule has 0 radical (unpaired) electrons. The van der Waals surface area contributed by atoms with Gasteiger partial charge in [-0.05, 0) is 12.8 Å². The minimum atomic E-state index is 0.153. The maximum absolute atomic E-state index is 9.11. The summed E-state index contributed by atoms with van der Waals surface area (Å²) in [6, 6.07) is 0.555. The molecule has 0 atom stereocenters. The first-order chi connectivity index (χ1) is 9.19. The summed E-state index contributed by atoms with van der Waals surface area (Å²) in [5.41, 5.74) is 6.69. The number of aliphatic hydroxyl groups excluding tert-OH is 1. The van der Waals surface area contributed by atoms with E-state index in [9.17, 15) is 0 Å². The van der Waals surface area contributed by atoms with Crippen molar-refractivity contribution < 1.29 is 5.11 Å². The SMILES string of the molecule is Cn1ncc2c(N)nc(CN(CCO)C3CC3)nc21. The number of nitrogens with zero attached hydrogens (tertiary/aromatic N) is 5. The van der Waals surface area contributed by atoms with Gasteiger partial charge in [0.2, 0.25) is 0 Å². The Morgan fingerprint density at radius 2 is 2.26 bits per heavy atom. The second-order valence-electron chi connectivity index (χ2n) is 4.96. The van der Waals surface area contributed by atoms with E-state index in [2.05, 4.69) is 20.0 Å². The zero-order valence-electron chi connectivity index (χ0n) is 11.0. The Balaban J connectivity index is 1.89. The Labute approximate surface area is 111 Å². The molecule has 1 fully saturated rings. The normalized spacial score (nSPS) is 15.5. The van der Waals surface area contributed by atoms with Crippen LogP contribution in [0.2, 0.25) is 0 Å². The predicted molar refractivity (Wildman–Crippen MR) is 71.2 cm³/mol. The van der Waals surface area contributed by atoms with Gasteiger partial charge in [-0.15, -0.1) is 0 Å². The summed E-state index contributed by atoms with van der Waals surface area (Å²) in [6.45, 7) is 1.42. The smallest absolute Gasteiger partial charge is 0.163 e. The molecule has 0 amide bonds.